The topological polar surface area (TPSA) is 15.3 Å². The van der Waals surface area contributed by atoms with Gasteiger partial charge in [0.25, 0.3) is 0 Å². The molecule has 14 heavy (non-hydrogen) atoms. The number of piperidine rings is 1. The molecule has 1 N–H and O–H groups in total. The standard InChI is InChI=1S/C12H26N2.H2/c1-3-5-8-14-9-6-12(7-10-14)11-13-4-2;/h12-13H,3-11H2,1-2H3;1H. The van der Waals surface area contributed by atoms with Crippen molar-refractivity contribution in [3.05, 3.63) is 0 Å². The summed E-state index contributed by atoms with van der Waals surface area (Å²) in [7, 11) is 0. The van der Waals surface area contributed by atoms with Gasteiger partial charge in [0.1, 0.15) is 0 Å². The van der Waals surface area contributed by atoms with Crippen LogP contribution >= 0.6 is 0 Å². The molecule has 0 spiro atoms. The van der Waals surface area contributed by atoms with Gasteiger partial charge in [-0.15, -0.1) is 0 Å². The Morgan fingerprint density at radius 1 is 1.29 bits per heavy atom. The van der Waals surface area contributed by atoms with Gasteiger partial charge >= 0.3 is 0 Å². The zero-order valence-electron chi connectivity index (χ0n) is 9.89. The van der Waals surface area contributed by atoms with Crippen LogP contribution in [0.25, 0.3) is 0 Å². The summed E-state index contributed by atoms with van der Waals surface area (Å²) in [6, 6.07) is 0. The van der Waals surface area contributed by atoms with Crippen molar-refractivity contribution in [1.82, 2.24) is 10.2 Å². The number of rotatable bonds is 6. The maximum Gasteiger partial charge on any atom is 0 e. The minimum atomic E-state index is 0. The van der Waals surface area contributed by atoms with E-state index in [2.05, 4.69) is 24.1 Å². The van der Waals surface area contributed by atoms with Crippen LogP contribution in [0.15, 0.2) is 0 Å². The minimum Gasteiger partial charge on any atom is -0.317 e. The second-order valence-electron chi connectivity index (χ2n) is 4.45. The third kappa shape index (κ3) is 4.43. The number of unbranched alkanes of at least 4 members (excludes halogenated alkanes) is 1. The summed E-state index contributed by atoms with van der Waals surface area (Å²) in [5.41, 5.74) is 0. The molecule has 1 saturated heterocycles. The Bertz CT molecular complexity index is 118. The lowest BCUT2D eigenvalue weighted by atomic mass is 9.96. The molecule has 0 bridgehead atoms. The first-order chi connectivity index (χ1) is 6.86. The van der Waals surface area contributed by atoms with E-state index < -0.39 is 0 Å². The van der Waals surface area contributed by atoms with E-state index in [0.29, 0.717) is 0 Å². The van der Waals surface area contributed by atoms with E-state index in [1.165, 1.54) is 51.9 Å². The summed E-state index contributed by atoms with van der Waals surface area (Å²) in [6.07, 6.45) is 5.50. The molecule has 1 rings (SSSR count). The summed E-state index contributed by atoms with van der Waals surface area (Å²) < 4.78 is 0. The molecule has 2 heteroatoms. The van der Waals surface area contributed by atoms with Gasteiger partial charge in [0.15, 0.2) is 0 Å². The Labute approximate surface area is 90.5 Å². The predicted molar refractivity (Wildman–Crippen MR) is 64.7 cm³/mol. The summed E-state index contributed by atoms with van der Waals surface area (Å²) in [5.74, 6) is 0.938. The van der Waals surface area contributed by atoms with Crippen LogP contribution < -0.4 is 5.32 Å². The molecule has 1 fully saturated rings. The van der Waals surface area contributed by atoms with Crippen molar-refractivity contribution < 1.29 is 1.43 Å². The maximum atomic E-state index is 3.46. The second kappa shape index (κ2) is 7.24. The Morgan fingerprint density at radius 3 is 2.57 bits per heavy atom. The molecular formula is C12H28N2. The number of hydrogen-bond donors (Lipinski definition) is 1. The van der Waals surface area contributed by atoms with Crippen molar-refractivity contribution in [3.8, 4) is 0 Å². The van der Waals surface area contributed by atoms with E-state index in [9.17, 15) is 0 Å². The molecule has 0 atom stereocenters. The Morgan fingerprint density at radius 2 is 2.00 bits per heavy atom. The molecule has 1 heterocycles. The molecule has 0 aliphatic carbocycles. The average Bonchev–Trinajstić information content (AvgIpc) is 2.25. The van der Waals surface area contributed by atoms with Crippen molar-refractivity contribution in [2.24, 2.45) is 5.92 Å². The highest BCUT2D eigenvalue weighted by Gasteiger charge is 2.17. The first kappa shape index (κ1) is 12.0. The van der Waals surface area contributed by atoms with Gasteiger partial charge in [-0.05, 0) is 57.9 Å². The van der Waals surface area contributed by atoms with Crippen LogP contribution in [0.4, 0.5) is 0 Å². The molecule has 86 valence electrons. The average molecular weight is 200 g/mol. The summed E-state index contributed by atoms with van der Waals surface area (Å²) >= 11 is 0. The summed E-state index contributed by atoms with van der Waals surface area (Å²) in [6.45, 7) is 10.8. The van der Waals surface area contributed by atoms with Gasteiger partial charge in [0.05, 0.1) is 0 Å². The zero-order chi connectivity index (χ0) is 10.2. The van der Waals surface area contributed by atoms with E-state index in [1.54, 1.807) is 0 Å². The fourth-order valence-corrected chi connectivity index (χ4v) is 2.14. The molecule has 1 aliphatic rings. The molecule has 0 radical (unpaired) electrons. The molecule has 0 unspecified atom stereocenters. The molecule has 0 aromatic rings. The van der Waals surface area contributed by atoms with Crippen molar-refractivity contribution in [2.45, 2.75) is 39.5 Å². The van der Waals surface area contributed by atoms with E-state index in [-0.39, 0.29) is 1.43 Å². The molecule has 1 aliphatic heterocycles. The first-order valence-corrected chi connectivity index (χ1v) is 6.29. The van der Waals surface area contributed by atoms with Crippen LogP contribution in [-0.4, -0.2) is 37.6 Å². The van der Waals surface area contributed by atoms with E-state index >= 15 is 0 Å². The fraction of sp³-hybridized carbons (Fsp3) is 1.00. The largest absolute Gasteiger partial charge is 0.317 e. The number of nitrogens with zero attached hydrogens (tertiary/aromatic N) is 1. The van der Waals surface area contributed by atoms with Crippen LogP contribution in [0.2, 0.25) is 0 Å². The van der Waals surface area contributed by atoms with Crippen LogP contribution in [0.1, 0.15) is 41.0 Å². The Hall–Kier alpha value is -0.0800. The molecule has 2 nitrogen and oxygen atoms in total. The lowest BCUT2D eigenvalue weighted by Gasteiger charge is -2.31. The second-order valence-corrected chi connectivity index (χ2v) is 4.45. The van der Waals surface area contributed by atoms with Gasteiger partial charge in [-0.2, -0.15) is 0 Å². The van der Waals surface area contributed by atoms with Crippen molar-refractivity contribution in [1.29, 1.82) is 0 Å². The van der Waals surface area contributed by atoms with Crippen molar-refractivity contribution in [2.75, 3.05) is 32.7 Å². The number of likely N-dealkylation sites (tertiary alicyclic amines) is 1. The monoisotopic (exact) mass is 200 g/mol. The minimum absolute atomic E-state index is 0. The Kier molecular flexibility index (Phi) is 6.20. The lowest BCUT2D eigenvalue weighted by molar-refractivity contribution is 0.180. The van der Waals surface area contributed by atoms with E-state index in [4.69, 9.17) is 0 Å². The van der Waals surface area contributed by atoms with Gasteiger partial charge in [-0.3, -0.25) is 0 Å². The zero-order valence-corrected chi connectivity index (χ0v) is 9.89. The normalized spacial score (nSPS) is 20.1. The third-order valence-corrected chi connectivity index (χ3v) is 3.22. The van der Waals surface area contributed by atoms with Gasteiger partial charge < -0.3 is 10.2 Å². The predicted octanol–water partition coefficient (Wildman–Crippen LogP) is 2.35. The van der Waals surface area contributed by atoms with Crippen LogP contribution in [0.3, 0.4) is 0 Å². The van der Waals surface area contributed by atoms with Gasteiger partial charge in [0, 0.05) is 1.43 Å². The highest BCUT2D eigenvalue weighted by atomic mass is 15.1. The van der Waals surface area contributed by atoms with Gasteiger partial charge in [-0.25, -0.2) is 0 Å². The summed E-state index contributed by atoms with van der Waals surface area (Å²) in [5, 5.41) is 3.46. The van der Waals surface area contributed by atoms with E-state index in [0.717, 1.165) is 12.5 Å². The van der Waals surface area contributed by atoms with Crippen molar-refractivity contribution >= 4 is 0 Å². The maximum absolute atomic E-state index is 3.46. The van der Waals surface area contributed by atoms with E-state index in [1.807, 2.05) is 0 Å². The Balaban J connectivity index is 0.00000196. The smallest absolute Gasteiger partial charge is 0 e. The third-order valence-electron chi connectivity index (χ3n) is 3.22. The number of hydrogen-bond acceptors (Lipinski definition) is 2. The highest BCUT2D eigenvalue weighted by molar-refractivity contribution is 4.73. The number of nitrogens with one attached hydrogen (secondary N) is 1. The van der Waals surface area contributed by atoms with Crippen molar-refractivity contribution in [3.63, 3.8) is 0 Å². The summed E-state index contributed by atoms with van der Waals surface area (Å²) in [4.78, 5) is 2.63. The molecule has 0 saturated carbocycles. The molecule has 0 aromatic carbocycles. The fourth-order valence-electron chi connectivity index (χ4n) is 2.14. The highest BCUT2D eigenvalue weighted by Crippen LogP contribution is 2.16. The molecule has 0 amide bonds. The quantitative estimate of drug-likeness (QED) is 0.708. The van der Waals surface area contributed by atoms with Crippen LogP contribution in [-0.2, 0) is 0 Å². The van der Waals surface area contributed by atoms with Gasteiger partial charge in [0.2, 0.25) is 0 Å². The first-order valence-electron chi connectivity index (χ1n) is 6.29. The lowest BCUT2D eigenvalue weighted by Crippen LogP contribution is -2.37. The SMILES string of the molecule is CCCCN1CCC(CNCC)CC1.[HH]. The molecular weight excluding hydrogens is 172 g/mol. The van der Waals surface area contributed by atoms with Gasteiger partial charge in [-0.1, -0.05) is 20.3 Å². The van der Waals surface area contributed by atoms with Crippen LogP contribution in [0, 0.1) is 5.92 Å². The molecule has 0 aromatic heterocycles. The van der Waals surface area contributed by atoms with Crippen LogP contribution in [0.5, 0.6) is 0 Å².